The first-order chi connectivity index (χ1) is 12.7. The fraction of sp³-hybridized carbons (Fsp3) is 0.350. The van der Waals surface area contributed by atoms with Crippen molar-refractivity contribution in [2.75, 3.05) is 0 Å². The van der Waals surface area contributed by atoms with E-state index in [2.05, 4.69) is 4.98 Å². The number of aryl methyl sites for hydroxylation is 1. The van der Waals surface area contributed by atoms with Crippen LogP contribution in [0, 0.1) is 6.92 Å². The third-order valence-electron chi connectivity index (χ3n) is 5.51. The quantitative estimate of drug-likeness (QED) is 0.516. The second-order valence-electron chi connectivity index (χ2n) is 7.95. The molecule has 7 heteroatoms. The average Bonchev–Trinajstić information content (AvgIpc) is 3.10. The maximum atomic E-state index is 13.2. The second kappa shape index (κ2) is 6.38. The molecule has 140 valence electrons. The highest BCUT2D eigenvalue weighted by Gasteiger charge is 2.52. The third-order valence-corrected chi connectivity index (χ3v) is 6.85. The summed E-state index contributed by atoms with van der Waals surface area (Å²) >= 11 is -1.38. The number of rotatable bonds is 3. The van der Waals surface area contributed by atoms with Gasteiger partial charge in [-0.25, -0.2) is 0 Å². The molecule has 3 heterocycles. The first-order valence-corrected chi connectivity index (χ1v) is 10.1. The van der Waals surface area contributed by atoms with Crippen LogP contribution in [0.4, 0.5) is 0 Å². The average molecular weight is 382 g/mol. The maximum absolute atomic E-state index is 13.2. The molecule has 1 fully saturated rings. The van der Waals surface area contributed by atoms with Gasteiger partial charge in [-0.2, -0.15) is 3.97 Å². The van der Waals surface area contributed by atoms with E-state index >= 15 is 0 Å². The van der Waals surface area contributed by atoms with E-state index in [1.165, 1.54) is 0 Å². The fourth-order valence-corrected chi connectivity index (χ4v) is 4.26. The highest BCUT2D eigenvalue weighted by molar-refractivity contribution is 7.90. The Bertz CT molecular complexity index is 969. The lowest BCUT2D eigenvalue weighted by Crippen LogP contribution is -2.41. The molecule has 1 aromatic carbocycles. The highest BCUT2D eigenvalue weighted by Crippen LogP contribution is 2.37. The molecule has 0 saturated carbocycles. The van der Waals surface area contributed by atoms with Crippen LogP contribution >= 0.6 is 0 Å². The van der Waals surface area contributed by atoms with Crippen LogP contribution in [0.1, 0.15) is 33.3 Å². The molecule has 4 rings (SSSR count). The van der Waals surface area contributed by atoms with Gasteiger partial charge in [-0.3, -0.25) is 4.98 Å². The Morgan fingerprint density at radius 3 is 2.30 bits per heavy atom. The van der Waals surface area contributed by atoms with Gasteiger partial charge in [0.25, 0.3) is 0 Å². The Morgan fingerprint density at radius 1 is 1.04 bits per heavy atom. The second-order valence-corrected chi connectivity index (χ2v) is 9.32. The van der Waals surface area contributed by atoms with Crippen LogP contribution in [-0.2, 0) is 20.7 Å². The Kier molecular flexibility index (Phi) is 4.39. The number of pyridine rings is 1. The molecule has 27 heavy (non-hydrogen) atoms. The van der Waals surface area contributed by atoms with E-state index in [4.69, 9.17) is 9.31 Å². The summed E-state index contributed by atoms with van der Waals surface area (Å²) in [4.78, 5) is 4.96. The van der Waals surface area contributed by atoms with Gasteiger partial charge in [0.2, 0.25) is 0 Å². The summed E-state index contributed by atoms with van der Waals surface area (Å²) in [6, 6.07) is 9.63. The topological polar surface area (TPSA) is 59.3 Å². The lowest BCUT2D eigenvalue weighted by atomic mass is 9.79. The van der Waals surface area contributed by atoms with E-state index in [1.54, 1.807) is 16.4 Å². The predicted molar refractivity (Wildman–Crippen MR) is 108 cm³/mol. The molecule has 2 aromatic heterocycles. The molecule has 1 unspecified atom stereocenters. The van der Waals surface area contributed by atoms with Crippen LogP contribution in [0.25, 0.3) is 10.9 Å². The molecule has 1 aliphatic rings. The number of fused-ring (bicyclic) bond motifs is 1. The number of hydrogen-bond acceptors (Lipinski definition) is 4. The zero-order chi connectivity index (χ0) is 19.4. The van der Waals surface area contributed by atoms with Crippen molar-refractivity contribution in [1.82, 2.24) is 8.96 Å². The zero-order valence-electron chi connectivity index (χ0n) is 16.2. The van der Waals surface area contributed by atoms with E-state index in [9.17, 15) is 4.55 Å². The summed E-state index contributed by atoms with van der Waals surface area (Å²) in [7, 11) is -0.517. The van der Waals surface area contributed by atoms with Crippen LogP contribution in [0.2, 0.25) is 0 Å². The summed E-state index contributed by atoms with van der Waals surface area (Å²) in [5, 5.41) is 0.934. The zero-order valence-corrected chi connectivity index (χ0v) is 17.0. The Balaban J connectivity index is 1.79. The Morgan fingerprint density at radius 2 is 1.67 bits per heavy atom. The molecule has 0 radical (unpaired) electrons. The van der Waals surface area contributed by atoms with E-state index in [1.807, 2.05) is 71.1 Å². The molecule has 0 spiro atoms. The van der Waals surface area contributed by atoms with Gasteiger partial charge < -0.3 is 13.9 Å². The van der Waals surface area contributed by atoms with Crippen LogP contribution < -0.4 is 5.46 Å². The molecule has 0 bridgehead atoms. The third kappa shape index (κ3) is 3.08. The van der Waals surface area contributed by atoms with Crippen molar-refractivity contribution in [3.63, 3.8) is 0 Å². The van der Waals surface area contributed by atoms with Crippen molar-refractivity contribution < 1.29 is 13.9 Å². The number of hydrogen-bond donors (Lipinski definition) is 0. The summed E-state index contributed by atoms with van der Waals surface area (Å²) < 4.78 is 27.4. The minimum atomic E-state index is -1.38. The van der Waals surface area contributed by atoms with Crippen molar-refractivity contribution in [2.45, 2.75) is 50.7 Å². The molecular formula is C20H23BN2O3S. The molecule has 0 amide bonds. The molecular weight excluding hydrogens is 359 g/mol. The standard InChI is InChI=1S/C20H23BN2O3S/c1-14-6-8-15(9-7-14)27(24)23-13-17(16-10-11-22-12-18(16)23)21-25-19(2,3)20(4,5)26-21/h6-13H,1-5H3. The smallest absolute Gasteiger partial charge is 0.497 e. The first kappa shape index (κ1) is 18.6. The van der Waals surface area contributed by atoms with E-state index < -0.39 is 29.7 Å². The molecule has 1 atom stereocenters. The molecule has 0 N–H and O–H groups in total. The van der Waals surface area contributed by atoms with Gasteiger partial charge in [0.15, 0.2) is 4.90 Å². The summed E-state index contributed by atoms with van der Waals surface area (Å²) in [6.07, 6.45) is 5.33. The number of benzene rings is 1. The molecule has 0 aliphatic carbocycles. The molecule has 1 aliphatic heterocycles. The number of nitrogens with zero attached hydrogens (tertiary/aromatic N) is 2. The van der Waals surface area contributed by atoms with Crippen LogP contribution in [0.15, 0.2) is 53.8 Å². The van der Waals surface area contributed by atoms with E-state index in [-0.39, 0.29) is 0 Å². The van der Waals surface area contributed by atoms with Crippen LogP contribution in [0.5, 0.6) is 0 Å². The van der Waals surface area contributed by atoms with Gasteiger partial charge in [-0.05, 0) is 52.8 Å². The summed E-state index contributed by atoms with van der Waals surface area (Å²) in [6.45, 7) is 10.1. The SMILES string of the molecule is Cc1ccc([S+]([O-])n2cc(B3OC(C)(C)C(C)(C)O3)c3ccncc32)cc1. The van der Waals surface area contributed by atoms with Gasteiger partial charge in [-0.15, -0.1) is 0 Å². The lowest BCUT2D eigenvalue weighted by molar-refractivity contribution is 0.00578. The monoisotopic (exact) mass is 382 g/mol. The molecule has 5 nitrogen and oxygen atoms in total. The lowest BCUT2D eigenvalue weighted by Gasteiger charge is -2.32. The maximum Gasteiger partial charge on any atom is 0.497 e. The van der Waals surface area contributed by atoms with Crippen molar-refractivity contribution in [3.05, 3.63) is 54.5 Å². The largest absolute Gasteiger partial charge is 0.587 e. The van der Waals surface area contributed by atoms with Gasteiger partial charge in [-0.1, -0.05) is 17.7 Å². The van der Waals surface area contributed by atoms with E-state index in [0.717, 1.165) is 26.8 Å². The summed E-state index contributed by atoms with van der Waals surface area (Å²) in [5.74, 6) is 0. The van der Waals surface area contributed by atoms with Crippen molar-refractivity contribution in [1.29, 1.82) is 0 Å². The van der Waals surface area contributed by atoms with Gasteiger partial charge in [0.1, 0.15) is 16.9 Å². The first-order valence-electron chi connectivity index (χ1n) is 8.99. The highest BCUT2D eigenvalue weighted by atomic mass is 32.2. The minimum Gasteiger partial charge on any atom is -0.587 e. The predicted octanol–water partition coefficient (Wildman–Crippen LogP) is 3.21. The van der Waals surface area contributed by atoms with E-state index in [0.29, 0.717) is 0 Å². The molecule has 1 saturated heterocycles. The van der Waals surface area contributed by atoms with Gasteiger partial charge in [0, 0.05) is 17.0 Å². The summed E-state index contributed by atoms with van der Waals surface area (Å²) in [5.41, 5.74) is 1.92. The normalized spacial score (nSPS) is 19.6. The fourth-order valence-electron chi connectivity index (χ4n) is 3.13. The van der Waals surface area contributed by atoms with Crippen molar-refractivity contribution in [3.8, 4) is 0 Å². The van der Waals surface area contributed by atoms with Crippen LogP contribution in [0.3, 0.4) is 0 Å². The van der Waals surface area contributed by atoms with Gasteiger partial charge >= 0.3 is 7.12 Å². The van der Waals surface area contributed by atoms with Crippen molar-refractivity contribution >= 4 is 34.8 Å². The van der Waals surface area contributed by atoms with Crippen molar-refractivity contribution in [2.24, 2.45) is 0 Å². The Labute approximate surface area is 163 Å². The van der Waals surface area contributed by atoms with Crippen LogP contribution in [-0.4, -0.2) is 31.8 Å². The Hall–Kier alpha value is -1.80. The molecule has 3 aromatic rings. The van der Waals surface area contributed by atoms with Gasteiger partial charge in [0.05, 0.1) is 23.6 Å². The minimum absolute atomic E-state index is 0.435. The number of aromatic nitrogens is 2.